The zero-order chi connectivity index (χ0) is 12.3. The number of hydrogen-bond donors (Lipinski definition) is 2. The Hall–Kier alpha value is -0.870. The molecule has 1 heterocycles. The average Bonchev–Trinajstić information content (AvgIpc) is 2.68. The highest BCUT2D eigenvalue weighted by Crippen LogP contribution is 2.25. The SMILES string of the molecule is CC1OCCC1(O)CNC(=O)C1CC=CCC1. The minimum absolute atomic E-state index is 0.0573. The molecule has 2 aliphatic rings. The lowest BCUT2D eigenvalue weighted by Crippen LogP contribution is -2.48. The number of carbonyl (C=O) groups excluding carboxylic acids is 1. The topological polar surface area (TPSA) is 58.6 Å². The van der Waals surface area contributed by atoms with Gasteiger partial charge in [-0.05, 0) is 26.2 Å². The lowest BCUT2D eigenvalue weighted by molar-refractivity contribution is -0.127. The Labute approximate surface area is 102 Å². The number of ether oxygens (including phenoxy) is 1. The summed E-state index contributed by atoms with van der Waals surface area (Å²) in [6, 6.07) is 0. The molecule has 1 aliphatic heterocycles. The van der Waals surface area contributed by atoms with Crippen LogP contribution in [0.3, 0.4) is 0 Å². The van der Waals surface area contributed by atoms with Crippen molar-refractivity contribution < 1.29 is 14.6 Å². The van der Waals surface area contributed by atoms with Gasteiger partial charge in [0.15, 0.2) is 0 Å². The van der Waals surface area contributed by atoms with Crippen molar-refractivity contribution in [1.82, 2.24) is 5.32 Å². The quantitative estimate of drug-likeness (QED) is 0.722. The van der Waals surface area contributed by atoms with Gasteiger partial charge in [0.1, 0.15) is 5.60 Å². The summed E-state index contributed by atoms with van der Waals surface area (Å²) in [7, 11) is 0. The second kappa shape index (κ2) is 5.19. The van der Waals surface area contributed by atoms with Crippen molar-refractivity contribution in [2.24, 2.45) is 5.92 Å². The Morgan fingerprint density at radius 2 is 2.41 bits per heavy atom. The standard InChI is InChI=1S/C13H21NO3/c1-10-13(16,7-8-17-10)9-14-12(15)11-5-3-2-4-6-11/h2-3,10-11,16H,4-9H2,1H3,(H,14,15). The lowest BCUT2D eigenvalue weighted by atomic mass is 9.92. The molecule has 4 nitrogen and oxygen atoms in total. The fraction of sp³-hybridized carbons (Fsp3) is 0.769. The molecule has 0 aromatic heterocycles. The molecule has 1 fully saturated rings. The van der Waals surface area contributed by atoms with Crippen LogP contribution in [0.2, 0.25) is 0 Å². The van der Waals surface area contributed by atoms with Crippen LogP contribution in [0, 0.1) is 5.92 Å². The number of nitrogens with one attached hydrogen (secondary N) is 1. The van der Waals surface area contributed by atoms with E-state index in [0.717, 1.165) is 19.3 Å². The summed E-state index contributed by atoms with van der Waals surface area (Å²) in [4.78, 5) is 11.9. The minimum atomic E-state index is -0.889. The number of carbonyl (C=O) groups is 1. The molecule has 0 radical (unpaired) electrons. The first-order valence-corrected chi connectivity index (χ1v) is 6.38. The third-order valence-electron chi connectivity index (χ3n) is 3.87. The average molecular weight is 239 g/mol. The zero-order valence-electron chi connectivity index (χ0n) is 10.3. The second-order valence-corrected chi connectivity index (χ2v) is 5.07. The van der Waals surface area contributed by atoms with Gasteiger partial charge in [-0.15, -0.1) is 0 Å². The number of amides is 1. The third-order valence-corrected chi connectivity index (χ3v) is 3.87. The van der Waals surface area contributed by atoms with Gasteiger partial charge < -0.3 is 15.2 Å². The van der Waals surface area contributed by atoms with Crippen molar-refractivity contribution in [3.05, 3.63) is 12.2 Å². The lowest BCUT2D eigenvalue weighted by Gasteiger charge is -2.27. The highest BCUT2D eigenvalue weighted by molar-refractivity contribution is 5.79. The fourth-order valence-electron chi connectivity index (χ4n) is 2.42. The van der Waals surface area contributed by atoms with E-state index in [1.54, 1.807) is 0 Å². The van der Waals surface area contributed by atoms with Crippen molar-refractivity contribution in [3.8, 4) is 0 Å². The van der Waals surface area contributed by atoms with Gasteiger partial charge in [-0.1, -0.05) is 12.2 Å². The molecule has 0 aromatic rings. The van der Waals surface area contributed by atoms with Gasteiger partial charge in [-0.3, -0.25) is 4.79 Å². The van der Waals surface area contributed by atoms with E-state index in [1.807, 2.05) is 6.92 Å². The first-order valence-electron chi connectivity index (χ1n) is 6.38. The summed E-state index contributed by atoms with van der Waals surface area (Å²) < 4.78 is 5.33. The van der Waals surface area contributed by atoms with Crippen molar-refractivity contribution >= 4 is 5.91 Å². The smallest absolute Gasteiger partial charge is 0.223 e. The highest BCUT2D eigenvalue weighted by atomic mass is 16.5. The van der Waals surface area contributed by atoms with E-state index in [-0.39, 0.29) is 17.9 Å². The van der Waals surface area contributed by atoms with Crippen LogP contribution in [0.25, 0.3) is 0 Å². The van der Waals surface area contributed by atoms with Crippen molar-refractivity contribution in [2.45, 2.75) is 44.3 Å². The van der Waals surface area contributed by atoms with Gasteiger partial charge in [-0.2, -0.15) is 0 Å². The van der Waals surface area contributed by atoms with E-state index in [0.29, 0.717) is 19.6 Å². The van der Waals surface area contributed by atoms with Crippen LogP contribution < -0.4 is 5.32 Å². The molecule has 1 saturated heterocycles. The summed E-state index contributed by atoms with van der Waals surface area (Å²) >= 11 is 0. The molecule has 1 amide bonds. The molecule has 2 rings (SSSR count). The summed E-state index contributed by atoms with van der Waals surface area (Å²) in [5.74, 6) is 0.128. The van der Waals surface area contributed by atoms with E-state index in [4.69, 9.17) is 4.74 Å². The van der Waals surface area contributed by atoms with E-state index in [9.17, 15) is 9.90 Å². The van der Waals surface area contributed by atoms with Crippen LogP contribution in [0.1, 0.15) is 32.6 Å². The predicted molar refractivity (Wildman–Crippen MR) is 64.5 cm³/mol. The first kappa shape index (κ1) is 12.6. The summed E-state index contributed by atoms with van der Waals surface area (Å²) in [5.41, 5.74) is -0.889. The Balaban J connectivity index is 1.81. The molecule has 3 unspecified atom stereocenters. The van der Waals surface area contributed by atoms with Crippen LogP contribution in [0.5, 0.6) is 0 Å². The van der Waals surface area contributed by atoms with Crippen molar-refractivity contribution in [3.63, 3.8) is 0 Å². The van der Waals surface area contributed by atoms with Crippen molar-refractivity contribution in [1.29, 1.82) is 0 Å². The van der Waals surface area contributed by atoms with Gasteiger partial charge in [0, 0.05) is 25.5 Å². The molecule has 0 bridgehead atoms. The van der Waals surface area contributed by atoms with Gasteiger partial charge >= 0.3 is 0 Å². The molecular formula is C13H21NO3. The first-order chi connectivity index (χ1) is 8.12. The molecule has 1 aliphatic carbocycles. The molecule has 4 heteroatoms. The Morgan fingerprint density at radius 3 is 3.00 bits per heavy atom. The fourth-order valence-corrected chi connectivity index (χ4v) is 2.42. The Bertz CT molecular complexity index is 316. The molecule has 0 aromatic carbocycles. The van der Waals surface area contributed by atoms with Gasteiger partial charge in [0.2, 0.25) is 5.91 Å². The number of aliphatic hydroxyl groups is 1. The predicted octanol–water partition coefficient (Wildman–Crippen LogP) is 0.999. The van der Waals surface area contributed by atoms with Crippen molar-refractivity contribution in [2.75, 3.05) is 13.2 Å². The van der Waals surface area contributed by atoms with Gasteiger partial charge in [-0.25, -0.2) is 0 Å². The number of hydrogen-bond acceptors (Lipinski definition) is 3. The van der Waals surface area contributed by atoms with Crippen LogP contribution in [-0.4, -0.2) is 35.9 Å². The molecule has 2 N–H and O–H groups in total. The van der Waals surface area contributed by atoms with Crippen LogP contribution >= 0.6 is 0 Å². The molecule has 0 saturated carbocycles. The Morgan fingerprint density at radius 1 is 1.59 bits per heavy atom. The number of rotatable bonds is 3. The zero-order valence-corrected chi connectivity index (χ0v) is 10.3. The molecule has 0 spiro atoms. The second-order valence-electron chi connectivity index (χ2n) is 5.07. The molecule has 3 atom stereocenters. The normalized spacial score (nSPS) is 37.1. The largest absolute Gasteiger partial charge is 0.385 e. The van der Waals surface area contributed by atoms with Gasteiger partial charge in [0.25, 0.3) is 0 Å². The van der Waals surface area contributed by atoms with Crippen LogP contribution in [0.15, 0.2) is 12.2 Å². The minimum Gasteiger partial charge on any atom is -0.385 e. The molecule has 17 heavy (non-hydrogen) atoms. The molecular weight excluding hydrogens is 218 g/mol. The van der Waals surface area contributed by atoms with E-state index < -0.39 is 5.60 Å². The third kappa shape index (κ3) is 2.87. The van der Waals surface area contributed by atoms with Gasteiger partial charge in [0.05, 0.1) is 6.10 Å². The van der Waals surface area contributed by atoms with Crippen LogP contribution in [0.4, 0.5) is 0 Å². The monoisotopic (exact) mass is 239 g/mol. The highest BCUT2D eigenvalue weighted by Gasteiger charge is 2.40. The van der Waals surface area contributed by atoms with E-state index in [1.165, 1.54) is 0 Å². The van der Waals surface area contributed by atoms with E-state index >= 15 is 0 Å². The van der Waals surface area contributed by atoms with Crippen LogP contribution in [-0.2, 0) is 9.53 Å². The number of allylic oxidation sites excluding steroid dienone is 2. The maximum absolute atomic E-state index is 11.9. The maximum Gasteiger partial charge on any atom is 0.223 e. The van der Waals surface area contributed by atoms with E-state index in [2.05, 4.69) is 17.5 Å². The maximum atomic E-state index is 11.9. The Kier molecular flexibility index (Phi) is 3.84. The summed E-state index contributed by atoms with van der Waals surface area (Å²) in [6.07, 6.45) is 7.27. The summed E-state index contributed by atoms with van der Waals surface area (Å²) in [5, 5.41) is 13.1. The summed E-state index contributed by atoms with van der Waals surface area (Å²) in [6.45, 7) is 2.72. The molecule has 96 valence electrons.